The lowest BCUT2D eigenvalue weighted by molar-refractivity contribution is 0.415. The molecule has 1 aliphatic heterocycles. The average Bonchev–Trinajstić information content (AvgIpc) is 2.70. The van der Waals surface area contributed by atoms with Crippen LogP contribution in [0.25, 0.3) is 0 Å². The van der Waals surface area contributed by atoms with Crippen molar-refractivity contribution >= 4 is 11.5 Å². The molecule has 0 radical (unpaired) electrons. The predicted molar refractivity (Wildman–Crippen MR) is 65.8 cm³/mol. The molecule has 1 unspecified atom stereocenters. The second-order valence-electron chi connectivity index (χ2n) is 3.90. The first-order valence-electron chi connectivity index (χ1n) is 5.50. The van der Waals surface area contributed by atoms with Gasteiger partial charge in [-0.05, 0) is 30.7 Å². The van der Waals surface area contributed by atoms with Gasteiger partial charge in [0.15, 0.2) is 0 Å². The lowest BCUT2D eigenvalue weighted by Crippen LogP contribution is -2.25. The van der Waals surface area contributed by atoms with E-state index in [0.29, 0.717) is 11.9 Å². The summed E-state index contributed by atoms with van der Waals surface area (Å²) >= 11 is 0. The lowest BCUT2D eigenvalue weighted by atomic mass is 10.1. The van der Waals surface area contributed by atoms with E-state index >= 15 is 0 Å². The van der Waals surface area contributed by atoms with E-state index < -0.39 is 0 Å². The zero-order chi connectivity index (χ0) is 11.5. The van der Waals surface area contributed by atoms with E-state index in [9.17, 15) is 0 Å². The van der Waals surface area contributed by atoms with Crippen LogP contribution in [-0.4, -0.2) is 19.0 Å². The fourth-order valence-corrected chi connectivity index (χ4v) is 1.91. The van der Waals surface area contributed by atoms with Crippen molar-refractivity contribution in [3.05, 3.63) is 24.3 Å². The Kier molecular flexibility index (Phi) is 2.99. The first-order chi connectivity index (χ1) is 7.74. The summed E-state index contributed by atoms with van der Waals surface area (Å²) in [5.41, 5.74) is 6.83. The number of amidine groups is 1. The van der Waals surface area contributed by atoms with Crippen molar-refractivity contribution in [1.82, 2.24) is 0 Å². The van der Waals surface area contributed by atoms with Gasteiger partial charge in [0, 0.05) is 6.42 Å². The first-order valence-corrected chi connectivity index (χ1v) is 5.50. The molecular weight excluding hydrogens is 202 g/mol. The molecule has 2 rings (SSSR count). The summed E-state index contributed by atoms with van der Waals surface area (Å²) in [6.07, 6.45) is 1.89. The van der Waals surface area contributed by atoms with Crippen LogP contribution in [0.5, 0.6) is 5.75 Å². The van der Waals surface area contributed by atoms with Crippen molar-refractivity contribution in [1.29, 1.82) is 0 Å². The third-order valence-electron chi connectivity index (χ3n) is 2.84. The van der Waals surface area contributed by atoms with Crippen LogP contribution < -0.4 is 15.5 Å². The summed E-state index contributed by atoms with van der Waals surface area (Å²) < 4.78 is 5.13. The maximum absolute atomic E-state index is 5.77. The molecule has 0 fully saturated rings. The van der Waals surface area contributed by atoms with E-state index in [4.69, 9.17) is 10.5 Å². The Labute approximate surface area is 95.7 Å². The SMILES string of the molecule is CCC1CC(N)=NN1c1ccc(OC)cc1. The summed E-state index contributed by atoms with van der Waals surface area (Å²) in [6, 6.07) is 8.26. The molecule has 0 saturated heterocycles. The molecule has 1 aliphatic rings. The van der Waals surface area contributed by atoms with Crippen molar-refractivity contribution in [2.45, 2.75) is 25.8 Å². The molecule has 1 aromatic carbocycles. The molecule has 0 amide bonds. The monoisotopic (exact) mass is 219 g/mol. The molecule has 1 atom stereocenters. The fourth-order valence-electron chi connectivity index (χ4n) is 1.91. The van der Waals surface area contributed by atoms with Gasteiger partial charge in [0.05, 0.1) is 18.8 Å². The van der Waals surface area contributed by atoms with E-state index in [0.717, 1.165) is 24.3 Å². The summed E-state index contributed by atoms with van der Waals surface area (Å²) in [6.45, 7) is 2.15. The van der Waals surface area contributed by atoms with Crippen molar-refractivity contribution in [3.63, 3.8) is 0 Å². The van der Waals surface area contributed by atoms with Gasteiger partial charge in [0.2, 0.25) is 0 Å². The number of benzene rings is 1. The van der Waals surface area contributed by atoms with Crippen LogP contribution in [0, 0.1) is 0 Å². The molecule has 0 aromatic heterocycles. The molecule has 0 aliphatic carbocycles. The summed E-state index contributed by atoms with van der Waals surface area (Å²) in [5, 5.41) is 6.35. The van der Waals surface area contributed by atoms with Crippen LogP contribution in [0.4, 0.5) is 5.69 Å². The van der Waals surface area contributed by atoms with Crippen LogP contribution in [-0.2, 0) is 0 Å². The first kappa shape index (κ1) is 10.8. The van der Waals surface area contributed by atoms with Gasteiger partial charge in [-0.2, -0.15) is 5.10 Å². The van der Waals surface area contributed by atoms with Crippen molar-refractivity contribution in [2.24, 2.45) is 10.8 Å². The van der Waals surface area contributed by atoms with E-state index in [1.165, 1.54) is 0 Å². The zero-order valence-electron chi connectivity index (χ0n) is 9.68. The largest absolute Gasteiger partial charge is 0.497 e. The van der Waals surface area contributed by atoms with Crippen molar-refractivity contribution in [2.75, 3.05) is 12.1 Å². The van der Waals surface area contributed by atoms with Crippen LogP contribution >= 0.6 is 0 Å². The topological polar surface area (TPSA) is 50.8 Å². The highest BCUT2D eigenvalue weighted by Gasteiger charge is 2.24. The molecular formula is C12H17N3O. The maximum Gasteiger partial charge on any atom is 0.122 e. The number of methoxy groups -OCH3 is 1. The number of nitrogens with two attached hydrogens (primary N) is 1. The Morgan fingerprint density at radius 3 is 2.69 bits per heavy atom. The Balaban J connectivity index is 2.22. The average molecular weight is 219 g/mol. The Morgan fingerprint density at radius 1 is 1.44 bits per heavy atom. The van der Waals surface area contributed by atoms with Gasteiger partial charge in [-0.25, -0.2) is 0 Å². The highest BCUT2D eigenvalue weighted by molar-refractivity contribution is 5.85. The third-order valence-corrected chi connectivity index (χ3v) is 2.84. The minimum Gasteiger partial charge on any atom is -0.497 e. The van der Waals surface area contributed by atoms with E-state index in [-0.39, 0.29) is 0 Å². The number of hydrazone groups is 1. The van der Waals surface area contributed by atoms with Crippen molar-refractivity contribution < 1.29 is 4.74 Å². The highest BCUT2D eigenvalue weighted by atomic mass is 16.5. The summed E-state index contributed by atoms with van der Waals surface area (Å²) in [7, 11) is 1.66. The predicted octanol–water partition coefficient (Wildman–Crippen LogP) is 1.96. The zero-order valence-corrected chi connectivity index (χ0v) is 9.68. The summed E-state index contributed by atoms with van der Waals surface area (Å²) in [4.78, 5) is 0. The smallest absolute Gasteiger partial charge is 0.122 e. The van der Waals surface area contributed by atoms with Crippen LogP contribution in [0.1, 0.15) is 19.8 Å². The number of anilines is 1. The Morgan fingerprint density at radius 2 is 2.12 bits per heavy atom. The minimum absolute atomic E-state index is 0.383. The van der Waals surface area contributed by atoms with Crippen molar-refractivity contribution in [3.8, 4) is 5.75 Å². The van der Waals surface area contributed by atoms with E-state index in [1.807, 2.05) is 29.3 Å². The van der Waals surface area contributed by atoms with Gasteiger partial charge in [-0.3, -0.25) is 5.01 Å². The van der Waals surface area contributed by atoms with Crippen LogP contribution in [0.3, 0.4) is 0 Å². The Bertz CT molecular complexity index is 386. The van der Waals surface area contributed by atoms with Gasteiger partial charge in [0.1, 0.15) is 11.6 Å². The number of rotatable bonds is 3. The van der Waals surface area contributed by atoms with E-state index in [1.54, 1.807) is 7.11 Å². The number of hydrogen-bond donors (Lipinski definition) is 1. The molecule has 0 saturated carbocycles. The van der Waals surface area contributed by atoms with Gasteiger partial charge in [0.25, 0.3) is 0 Å². The molecule has 4 nitrogen and oxygen atoms in total. The molecule has 2 N–H and O–H groups in total. The van der Waals surface area contributed by atoms with Crippen LogP contribution in [0.15, 0.2) is 29.4 Å². The fraction of sp³-hybridized carbons (Fsp3) is 0.417. The van der Waals surface area contributed by atoms with Gasteiger partial charge >= 0.3 is 0 Å². The number of nitrogens with zero attached hydrogens (tertiary/aromatic N) is 2. The molecule has 1 aromatic rings. The normalized spacial score (nSPS) is 19.8. The Hall–Kier alpha value is -1.71. The third kappa shape index (κ3) is 1.96. The number of hydrogen-bond acceptors (Lipinski definition) is 4. The molecule has 86 valence electrons. The molecule has 0 spiro atoms. The van der Waals surface area contributed by atoms with Gasteiger partial charge in [-0.15, -0.1) is 0 Å². The number of ether oxygens (including phenoxy) is 1. The second-order valence-corrected chi connectivity index (χ2v) is 3.90. The lowest BCUT2D eigenvalue weighted by Gasteiger charge is -2.22. The quantitative estimate of drug-likeness (QED) is 0.845. The van der Waals surface area contributed by atoms with E-state index in [2.05, 4.69) is 12.0 Å². The van der Waals surface area contributed by atoms with Gasteiger partial charge < -0.3 is 10.5 Å². The summed E-state index contributed by atoms with van der Waals surface area (Å²) in [5.74, 6) is 1.57. The second kappa shape index (κ2) is 4.43. The molecule has 4 heteroatoms. The molecule has 1 heterocycles. The standard InChI is InChI=1S/C12H17N3O/c1-3-9-8-12(13)14-15(9)10-4-6-11(16-2)7-5-10/h4-7,9H,3,8H2,1-2H3,(H2,13,14). The maximum atomic E-state index is 5.77. The molecule has 16 heavy (non-hydrogen) atoms. The molecule has 0 bridgehead atoms. The minimum atomic E-state index is 0.383. The highest BCUT2D eigenvalue weighted by Crippen LogP contribution is 2.26. The van der Waals surface area contributed by atoms with Gasteiger partial charge in [-0.1, -0.05) is 6.92 Å². The van der Waals surface area contributed by atoms with Crippen LogP contribution in [0.2, 0.25) is 0 Å².